The van der Waals surface area contributed by atoms with E-state index in [2.05, 4.69) is 14.4 Å². The van der Waals surface area contributed by atoms with Crippen LogP contribution in [0.5, 0.6) is 0 Å². The maximum absolute atomic E-state index is 14.2. The van der Waals surface area contributed by atoms with Crippen LogP contribution in [0, 0.1) is 11.6 Å². The third kappa shape index (κ3) is 4.12. The fourth-order valence-electron chi connectivity index (χ4n) is 2.91. The Kier molecular flexibility index (Phi) is 5.47. The average Bonchev–Trinajstić information content (AvgIpc) is 3.20. The molecule has 1 aromatic carbocycles. The van der Waals surface area contributed by atoms with Gasteiger partial charge in [0.05, 0.1) is 6.54 Å². The number of halogens is 2. The lowest BCUT2D eigenvalue weighted by Gasteiger charge is -2.29. The minimum atomic E-state index is -1.47. The van der Waals surface area contributed by atoms with Gasteiger partial charge in [-0.05, 0) is 25.3 Å². The van der Waals surface area contributed by atoms with Gasteiger partial charge in [0.1, 0.15) is 29.9 Å². The number of benzene rings is 1. The summed E-state index contributed by atoms with van der Waals surface area (Å²) in [6.45, 7) is 2.14. The van der Waals surface area contributed by atoms with Crippen molar-refractivity contribution in [3.05, 3.63) is 48.1 Å². The maximum atomic E-state index is 14.2. The molecule has 2 heterocycles. The molecule has 0 spiro atoms. The van der Waals surface area contributed by atoms with Crippen molar-refractivity contribution in [1.82, 2.24) is 19.1 Å². The van der Waals surface area contributed by atoms with Gasteiger partial charge in [0, 0.05) is 30.5 Å². The molecular formula is C16H20F2N4OS. The molecule has 2 aromatic rings. The van der Waals surface area contributed by atoms with Crippen LogP contribution in [0.3, 0.4) is 0 Å². The molecule has 1 unspecified atom stereocenters. The van der Waals surface area contributed by atoms with Gasteiger partial charge >= 0.3 is 0 Å². The summed E-state index contributed by atoms with van der Waals surface area (Å²) in [6, 6.07) is 3.27. The van der Waals surface area contributed by atoms with Gasteiger partial charge in [-0.25, -0.2) is 18.4 Å². The monoisotopic (exact) mass is 354 g/mol. The van der Waals surface area contributed by atoms with E-state index in [1.54, 1.807) is 11.9 Å². The molecule has 24 heavy (non-hydrogen) atoms. The molecule has 3 rings (SSSR count). The Morgan fingerprint density at radius 2 is 2.04 bits per heavy atom. The summed E-state index contributed by atoms with van der Waals surface area (Å²) in [4.78, 5) is 3.85. The number of hydrogen-bond donors (Lipinski definition) is 1. The molecule has 8 heteroatoms. The predicted octanol–water partition coefficient (Wildman–Crippen LogP) is 2.58. The molecule has 0 bridgehead atoms. The highest BCUT2D eigenvalue weighted by Gasteiger charge is 2.33. The van der Waals surface area contributed by atoms with Gasteiger partial charge in [-0.3, -0.25) is 4.31 Å². The van der Waals surface area contributed by atoms with Crippen molar-refractivity contribution in [3.8, 4) is 0 Å². The van der Waals surface area contributed by atoms with Crippen LogP contribution >= 0.6 is 11.9 Å². The number of aromatic nitrogens is 3. The van der Waals surface area contributed by atoms with E-state index >= 15 is 0 Å². The van der Waals surface area contributed by atoms with Gasteiger partial charge in [-0.15, -0.1) is 0 Å². The van der Waals surface area contributed by atoms with E-state index in [0.717, 1.165) is 19.2 Å². The third-order valence-electron chi connectivity index (χ3n) is 4.18. The Morgan fingerprint density at radius 3 is 2.71 bits per heavy atom. The molecule has 0 radical (unpaired) electrons. The van der Waals surface area contributed by atoms with E-state index in [9.17, 15) is 13.9 Å². The van der Waals surface area contributed by atoms with Gasteiger partial charge in [0.15, 0.2) is 0 Å². The number of nitrogens with zero attached hydrogens (tertiary/aromatic N) is 4. The van der Waals surface area contributed by atoms with Crippen LogP contribution in [-0.2, 0) is 12.1 Å². The van der Waals surface area contributed by atoms with Crippen molar-refractivity contribution in [1.29, 1.82) is 0 Å². The quantitative estimate of drug-likeness (QED) is 0.775. The predicted molar refractivity (Wildman–Crippen MR) is 88.2 cm³/mol. The van der Waals surface area contributed by atoms with Crippen LogP contribution in [0.2, 0.25) is 0 Å². The van der Waals surface area contributed by atoms with E-state index in [1.807, 2.05) is 0 Å². The summed E-state index contributed by atoms with van der Waals surface area (Å²) in [5.74, 6) is -0.767. The first-order valence-corrected chi connectivity index (χ1v) is 8.89. The SMILES string of the molecule is OC(CCSN1CCCC1)(Cn1cncn1)c1ccc(F)cc1F. The molecular weight excluding hydrogens is 334 g/mol. The van der Waals surface area contributed by atoms with E-state index in [0.29, 0.717) is 12.2 Å². The zero-order chi connectivity index (χ0) is 17.0. The minimum absolute atomic E-state index is 0.0656. The Balaban J connectivity index is 1.76. The van der Waals surface area contributed by atoms with Crippen LogP contribution in [0.4, 0.5) is 8.78 Å². The van der Waals surface area contributed by atoms with Crippen LogP contribution in [0.15, 0.2) is 30.9 Å². The van der Waals surface area contributed by atoms with Gasteiger partial charge < -0.3 is 5.11 Å². The van der Waals surface area contributed by atoms with E-state index < -0.39 is 17.2 Å². The molecule has 1 aliphatic heterocycles. The highest BCUT2D eigenvalue weighted by atomic mass is 32.2. The molecule has 0 amide bonds. The van der Waals surface area contributed by atoms with Crippen LogP contribution in [-0.4, -0.2) is 43.0 Å². The lowest BCUT2D eigenvalue weighted by molar-refractivity contribution is 0.00862. The molecule has 1 fully saturated rings. The second-order valence-electron chi connectivity index (χ2n) is 5.97. The lowest BCUT2D eigenvalue weighted by atomic mass is 9.90. The third-order valence-corrected chi connectivity index (χ3v) is 5.29. The topological polar surface area (TPSA) is 54.2 Å². The summed E-state index contributed by atoms with van der Waals surface area (Å²) in [5.41, 5.74) is -1.39. The first-order chi connectivity index (χ1) is 11.6. The fourth-order valence-corrected chi connectivity index (χ4v) is 4.11. The van der Waals surface area contributed by atoms with Gasteiger partial charge in [-0.2, -0.15) is 5.10 Å². The van der Waals surface area contributed by atoms with Crippen LogP contribution in [0.1, 0.15) is 24.8 Å². The Hall–Kier alpha value is -1.51. The molecule has 0 saturated carbocycles. The van der Waals surface area contributed by atoms with Gasteiger partial charge in [0.2, 0.25) is 0 Å². The van der Waals surface area contributed by atoms with Crippen molar-refractivity contribution < 1.29 is 13.9 Å². The first-order valence-electron chi connectivity index (χ1n) is 7.95. The molecule has 130 valence electrons. The van der Waals surface area contributed by atoms with E-state index in [1.165, 1.54) is 42.3 Å². The number of rotatable bonds is 7. The van der Waals surface area contributed by atoms with Crippen LogP contribution in [0.25, 0.3) is 0 Å². The van der Waals surface area contributed by atoms with Crippen molar-refractivity contribution in [2.75, 3.05) is 18.8 Å². The Bertz CT molecular complexity index is 664. The largest absolute Gasteiger partial charge is 0.383 e. The van der Waals surface area contributed by atoms with E-state index in [4.69, 9.17) is 0 Å². The normalized spacial score (nSPS) is 18.0. The van der Waals surface area contributed by atoms with Crippen molar-refractivity contribution in [2.24, 2.45) is 0 Å². The van der Waals surface area contributed by atoms with Crippen molar-refractivity contribution in [2.45, 2.75) is 31.4 Å². The fraction of sp³-hybridized carbons (Fsp3) is 0.500. The molecule has 1 aliphatic rings. The average molecular weight is 354 g/mol. The second kappa shape index (κ2) is 7.58. The van der Waals surface area contributed by atoms with Crippen LogP contribution < -0.4 is 0 Å². The summed E-state index contributed by atoms with van der Waals surface area (Å²) >= 11 is 1.66. The number of hydrogen-bond acceptors (Lipinski definition) is 5. The summed E-state index contributed by atoms with van der Waals surface area (Å²) in [7, 11) is 0. The molecule has 0 aliphatic carbocycles. The smallest absolute Gasteiger partial charge is 0.137 e. The van der Waals surface area contributed by atoms with E-state index in [-0.39, 0.29) is 12.1 Å². The Morgan fingerprint density at radius 1 is 1.25 bits per heavy atom. The zero-order valence-electron chi connectivity index (χ0n) is 13.2. The standard InChI is InChI=1S/C16H20F2N4OS/c17-13-3-4-14(15(18)9-13)16(23,10-21-12-19-11-20-21)5-8-24-22-6-1-2-7-22/h3-4,9,11-12,23H,1-2,5-8,10H2. The molecule has 1 saturated heterocycles. The molecule has 1 N–H and O–H groups in total. The molecule has 1 aromatic heterocycles. The molecule has 5 nitrogen and oxygen atoms in total. The minimum Gasteiger partial charge on any atom is -0.383 e. The highest BCUT2D eigenvalue weighted by Crippen LogP contribution is 2.32. The van der Waals surface area contributed by atoms with Crippen molar-refractivity contribution in [3.63, 3.8) is 0 Å². The highest BCUT2D eigenvalue weighted by molar-refractivity contribution is 7.97. The first kappa shape index (κ1) is 17.3. The second-order valence-corrected chi connectivity index (χ2v) is 7.15. The molecule has 1 atom stereocenters. The van der Waals surface area contributed by atoms with Gasteiger partial charge in [-0.1, -0.05) is 18.0 Å². The Labute approximate surface area is 143 Å². The maximum Gasteiger partial charge on any atom is 0.137 e. The van der Waals surface area contributed by atoms with Crippen molar-refractivity contribution >= 4 is 11.9 Å². The summed E-state index contributed by atoms with van der Waals surface area (Å²) in [5, 5.41) is 15.1. The summed E-state index contributed by atoms with van der Waals surface area (Å²) in [6.07, 6.45) is 5.53. The number of aliphatic hydroxyl groups is 1. The lowest BCUT2D eigenvalue weighted by Crippen LogP contribution is -2.34. The zero-order valence-corrected chi connectivity index (χ0v) is 14.1. The summed E-state index contributed by atoms with van der Waals surface area (Å²) < 4.78 is 31.2. The van der Waals surface area contributed by atoms with Gasteiger partial charge in [0.25, 0.3) is 0 Å².